The van der Waals surface area contributed by atoms with Crippen LogP contribution < -0.4 is 0 Å². The summed E-state index contributed by atoms with van der Waals surface area (Å²) in [7, 11) is 0. The van der Waals surface area contributed by atoms with Crippen LogP contribution in [0.25, 0.3) is 0 Å². The molecule has 104 valence electrons. The maximum Gasteiger partial charge on any atom is 0.0664 e. The zero-order chi connectivity index (χ0) is 14.1. The number of nitrogens with zero attached hydrogens (tertiary/aromatic N) is 1. The summed E-state index contributed by atoms with van der Waals surface area (Å²) in [4.78, 5) is 4.43. The second-order valence-electron chi connectivity index (χ2n) is 5.20. The van der Waals surface area contributed by atoms with Crippen LogP contribution in [0.5, 0.6) is 0 Å². The number of pyridine rings is 1. The summed E-state index contributed by atoms with van der Waals surface area (Å²) in [6.45, 7) is 0. The quantitative estimate of drug-likeness (QED) is 0.929. The van der Waals surface area contributed by atoms with E-state index < -0.39 is 6.10 Å². The van der Waals surface area contributed by atoms with Crippen LogP contribution in [0.15, 0.2) is 36.5 Å². The molecule has 2 unspecified atom stereocenters. The number of aryl methyl sites for hydroxylation is 1. The van der Waals surface area contributed by atoms with Crippen molar-refractivity contribution < 1.29 is 5.11 Å². The van der Waals surface area contributed by atoms with E-state index >= 15 is 0 Å². The molecule has 1 N–H and O–H groups in total. The van der Waals surface area contributed by atoms with E-state index in [0.717, 1.165) is 24.1 Å². The number of aliphatic hydroxyl groups excluding tert-OH is 1. The van der Waals surface area contributed by atoms with Gasteiger partial charge in [-0.3, -0.25) is 4.98 Å². The molecule has 1 aliphatic rings. The second-order valence-corrected chi connectivity index (χ2v) is 6.04. The lowest BCUT2D eigenvalue weighted by molar-refractivity contribution is 0.141. The lowest BCUT2D eigenvalue weighted by Crippen LogP contribution is -2.20. The monoisotopic (exact) mass is 307 g/mol. The van der Waals surface area contributed by atoms with Crippen LogP contribution in [0.1, 0.15) is 29.2 Å². The maximum atomic E-state index is 10.5. The van der Waals surface area contributed by atoms with Crippen molar-refractivity contribution in [1.82, 2.24) is 4.98 Å². The summed E-state index contributed by atoms with van der Waals surface area (Å²) in [5.74, 6) is 0.0953. The van der Waals surface area contributed by atoms with Gasteiger partial charge in [0.15, 0.2) is 0 Å². The van der Waals surface area contributed by atoms with E-state index in [4.69, 9.17) is 23.2 Å². The SMILES string of the molecule is OC(Cc1ccc(Cl)cc1Cl)C1CCc2cccnc21. The van der Waals surface area contributed by atoms with Gasteiger partial charge in [-0.25, -0.2) is 0 Å². The molecular formula is C16H15Cl2NO. The molecule has 0 aliphatic heterocycles. The summed E-state index contributed by atoms with van der Waals surface area (Å²) in [6.07, 6.45) is 3.78. The minimum atomic E-state index is -0.468. The topological polar surface area (TPSA) is 33.1 Å². The lowest BCUT2D eigenvalue weighted by atomic mass is 9.94. The highest BCUT2D eigenvalue weighted by molar-refractivity contribution is 6.35. The summed E-state index contributed by atoms with van der Waals surface area (Å²) in [5, 5.41) is 11.7. The van der Waals surface area contributed by atoms with Crippen molar-refractivity contribution in [1.29, 1.82) is 0 Å². The number of rotatable bonds is 3. The molecule has 0 bridgehead atoms. The second kappa shape index (κ2) is 5.72. The predicted molar refractivity (Wildman–Crippen MR) is 81.5 cm³/mol. The average molecular weight is 308 g/mol. The Kier molecular flexibility index (Phi) is 3.97. The van der Waals surface area contributed by atoms with Crippen molar-refractivity contribution in [2.24, 2.45) is 0 Å². The summed E-state index contributed by atoms with van der Waals surface area (Å²) in [6, 6.07) is 9.43. The zero-order valence-corrected chi connectivity index (χ0v) is 12.4. The molecule has 2 atom stereocenters. The fraction of sp³-hybridized carbons (Fsp3) is 0.312. The van der Waals surface area contributed by atoms with Gasteiger partial charge in [-0.05, 0) is 42.2 Å². The van der Waals surface area contributed by atoms with Crippen LogP contribution in [0.3, 0.4) is 0 Å². The highest BCUT2D eigenvalue weighted by Crippen LogP contribution is 2.35. The first-order valence-corrected chi connectivity index (χ1v) is 7.46. The molecule has 2 nitrogen and oxygen atoms in total. The summed E-state index contributed by atoms with van der Waals surface area (Å²) < 4.78 is 0. The van der Waals surface area contributed by atoms with Crippen molar-refractivity contribution in [3.8, 4) is 0 Å². The van der Waals surface area contributed by atoms with Gasteiger partial charge in [0.05, 0.1) is 6.10 Å². The molecule has 4 heteroatoms. The molecule has 1 aromatic heterocycles. The zero-order valence-electron chi connectivity index (χ0n) is 10.9. The molecule has 0 saturated heterocycles. The molecule has 1 heterocycles. The van der Waals surface area contributed by atoms with Crippen molar-refractivity contribution in [2.75, 3.05) is 0 Å². The first-order valence-electron chi connectivity index (χ1n) is 6.71. The van der Waals surface area contributed by atoms with E-state index in [-0.39, 0.29) is 5.92 Å². The van der Waals surface area contributed by atoms with E-state index in [1.165, 1.54) is 5.56 Å². The standard InChI is InChI=1S/C16H15Cl2NO/c17-12-5-3-11(14(18)9-12)8-15(20)13-6-4-10-2-1-7-19-16(10)13/h1-3,5,7,9,13,15,20H,4,6,8H2. The first kappa shape index (κ1) is 13.9. The van der Waals surface area contributed by atoms with Crippen LogP contribution in [-0.4, -0.2) is 16.2 Å². The van der Waals surface area contributed by atoms with Gasteiger partial charge < -0.3 is 5.11 Å². The highest BCUT2D eigenvalue weighted by Gasteiger charge is 2.30. The Morgan fingerprint density at radius 2 is 2.15 bits per heavy atom. The van der Waals surface area contributed by atoms with Gasteiger partial charge in [0, 0.05) is 34.3 Å². The molecule has 3 rings (SSSR count). The van der Waals surface area contributed by atoms with Gasteiger partial charge in [0.25, 0.3) is 0 Å². The van der Waals surface area contributed by atoms with E-state index in [1.807, 2.05) is 12.1 Å². The molecule has 0 radical (unpaired) electrons. The predicted octanol–water partition coefficient (Wildman–Crippen LogP) is 4.02. The Balaban J connectivity index is 1.79. The minimum Gasteiger partial charge on any atom is -0.392 e. The fourth-order valence-corrected chi connectivity index (χ4v) is 3.36. The third-order valence-electron chi connectivity index (χ3n) is 3.91. The molecule has 2 aromatic rings. The number of benzene rings is 1. The highest BCUT2D eigenvalue weighted by atomic mass is 35.5. The third kappa shape index (κ3) is 2.69. The molecular weight excluding hydrogens is 293 g/mol. The number of fused-ring (bicyclic) bond motifs is 1. The summed E-state index contributed by atoms with van der Waals surface area (Å²) in [5.41, 5.74) is 3.21. The largest absolute Gasteiger partial charge is 0.392 e. The molecule has 0 fully saturated rings. The van der Waals surface area contributed by atoms with Crippen LogP contribution in [0.2, 0.25) is 10.0 Å². The molecule has 0 spiro atoms. The number of aliphatic hydroxyl groups is 1. The number of halogens is 2. The Hall–Kier alpha value is -1.09. The van der Waals surface area contributed by atoms with Gasteiger partial charge in [-0.15, -0.1) is 0 Å². The molecule has 1 aliphatic carbocycles. The normalized spacial score (nSPS) is 18.9. The van der Waals surface area contributed by atoms with Crippen LogP contribution >= 0.6 is 23.2 Å². The Morgan fingerprint density at radius 3 is 2.95 bits per heavy atom. The molecule has 20 heavy (non-hydrogen) atoms. The fourth-order valence-electron chi connectivity index (χ4n) is 2.87. The first-order chi connectivity index (χ1) is 9.65. The lowest BCUT2D eigenvalue weighted by Gasteiger charge is -2.19. The Labute approximate surface area is 128 Å². The van der Waals surface area contributed by atoms with E-state index in [0.29, 0.717) is 16.5 Å². The molecule has 1 aromatic carbocycles. The van der Waals surface area contributed by atoms with Crippen LogP contribution in [0, 0.1) is 0 Å². The minimum absolute atomic E-state index is 0.0953. The van der Waals surface area contributed by atoms with E-state index in [2.05, 4.69) is 11.1 Å². The molecule has 0 amide bonds. The third-order valence-corrected chi connectivity index (χ3v) is 4.50. The van der Waals surface area contributed by atoms with Gasteiger partial charge in [0.1, 0.15) is 0 Å². The van der Waals surface area contributed by atoms with Gasteiger partial charge in [0.2, 0.25) is 0 Å². The van der Waals surface area contributed by atoms with Gasteiger partial charge in [-0.2, -0.15) is 0 Å². The Bertz CT molecular complexity index is 630. The summed E-state index contributed by atoms with van der Waals surface area (Å²) >= 11 is 12.1. The van der Waals surface area contributed by atoms with Gasteiger partial charge in [-0.1, -0.05) is 35.3 Å². The maximum absolute atomic E-state index is 10.5. The van der Waals surface area contributed by atoms with E-state index in [9.17, 15) is 5.11 Å². The van der Waals surface area contributed by atoms with Crippen molar-refractivity contribution in [2.45, 2.75) is 31.3 Å². The molecule has 0 saturated carbocycles. The number of hydrogen-bond acceptors (Lipinski definition) is 2. The smallest absolute Gasteiger partial charge is 0.0664 e. The van der Waals surface area contributed by atoms with Crippen molar-refractivity contribution >= 4 is 23.2 Å². The van der Waals surface area contributed by atoms with E-state index in [1.54, 1.807) is 18.3 Å². The van der Waals surface area contributed by atoms with Crippen molar-refractivity contribution in [3.05, 3.63) is 63.4 Å². The van der Waals surface area contributed by atoms with Gasteiger partial charge >= 0.3 is 0 Å². The number of aromatic nitrogens is 1. The van der Waals surface area contributed by atoms with Crippen LogP contribution in [-0.2, 0) is 12.8 Å². The number of hydrogen-bond donors (Lipinski definition) is 1. The van der Waals surface area contributed by atoms with Crippen molar-refractivity contribution in [3.63, 3.8) is 0 Å². The average Bonchev–Trinajstić information content (AvgIpc) is 2.86. The van der Waals surface area contributed by atoms with Crippen LogP contribution in [0.4, 0.5) is 0 Å². The Morgan fingerprint density at radius 1 is 1.30 bits per heavy atom.